The Labute approximate surface area is 127 Å². The second kappa shape index (κ2) is 6.32. The first-order valence-electron chi connectivity index (χ1n) is 7.15. The molecular weight excluding hydrogens is 284 g/mol. The number of rotatable bonds is 4. The fourth-order valence-electron chi connectivity index (χ4n) is 2.69. The summed E-state index contributed by atoms with van der Waals surface area (Å²) < 4.78 is 0. The molecule has 3 N–H and O–H groups in total. The molecule has 2 atom stereocenters. The number of aromatic nitrogens is 2. The normalized spacial score (nSPS) is 21.4. The van der Waals surface area contributed by atoms with Gasteiger partial charge in [0.25, 0.3) is 0 Å². The van der Waals surface area contributed by atoms with E-state index in [2.05, 4.69) is 15.3 Å². The van der Waals surface area contributed by atoms with E-state index in [0.29, 0.717) is 17.5 Å². The smallest absolute Gasteiger partial charge is 0.226 e. The Morgan fingerprint density at radius 3 is 3.00 bits per heavy atom. The quantitative estimate of drug-likeness (QED) is 0.910. The average molecular weight is 302 g/mol. The maximum absolute atomic E-state index is 12.0. The highest BCUT2D eigenvalue weighted by molar-refractivity contribution is 7.14. The Balaban J connectivity index is 1.61. The third kappa shape index (κ3) is 3.46. The van der Waals surface area contributed by atoms with Crippen LogP contribution in [0.1, 0.15) is 25.7 Å². The molecule has 21 heavy (non-hydrogen) atoms. The van der Waals surface area contributed by atoms with Gasteiger partial charge in [0.15, 0.2) is 5.13 Å². The van der Waals surface area contributed by atoms with Crippen LogP contribution in [0.4, 0.5) is 5.13 Å². The van der Waals surface area contributed by atoms with Crippen LogP contribution in [0.15, 0.2) is 29.8 Å². The van der Waals surface area contributed by atoms with Crippen LogP contribution in [0.25, 0.3) is 11.4 Å². The lowest BCUT2D eigenvalue weighted by Gasteiger charge is -2.13. The van der Waals surface area contributed by atoms with Gasteiger partial charge in [0.05, 0.1) is 5.69 Å². The third-order valence-corrected chi connectivity index (χ3v) is 4.60. The number of nitrogens with two attached hydrogens (primary N) is 1. The first-order chi connectivity index (χ1) is 10.2. The minimum atomic E-state index is -0.000675. The maximum Gasteiger partial charge on any atom is 0.226 e. The van der Waals surface area contributed by atoms with Crippen molar-refractivity contribution in [1.82, 2.24) is 9.97 Å². The molecule has 2 heterocycles. The standard InChI is InChI=1S/C15H18N4OS/c16-11-5-3-4-10(11)8-14(20)19-15-18-13(9-21-15)12-6-1-2-7-17-12/h1-2,6-7,9-11H,3-5,8,16H2,(H,18,19,20)/t10-,11+/m0/s1. The molecule has 0 unspecified atom stereocenters. The summed E-state index contributed by atoms with van der Waals surface area (Å²) in [6, 6.07) is 5.85. The molecule has 1 aliphatic carbocycles. The molecule has 1 fully saturated rings. The number of hydrogen-bond acceptors (Lipinski definition) is 5. The molecule has 0 aliphatic heterocycles. The summed E-state index contributed by atoms with van der Waals surface area (Å²) in [6.07, 6.45) is 5.42. The van der Waals surface area contributed by atoms with E-state index < -0.39 is 0 Å². The van der Waals surface area contributed by atoms with Gasteiger partial charge in [-0.15, -0.1) is 11.3 Å². The molecule has 0 saturated heterocycles. The number of carbonyl (C=O) groups excluding carboxylic acids is 1. The number of thiazole rings is 1. The van der Waals surface area contributed by atoms with Gasteiger partial charge in [-0.3, -0.25) is 9.78 Å². The van der Waals surface area contributed by atoms with Crippen LogP contribution in [-0.2, 0) is 4.79 Å². The van der Waals surface area contributed by atoms with Crippen LogP contribution in [0, 0.1) is 5.92 Å². The Kier molecular flexibility index (Phi) is 4.26. The summed E-state index contributed by atoms with van der Waals surface area (Å²) >= 11 is 1.42. The molecule has 1 aliphatic rings. The van der Waals surface area contributed by atoms with Crippen molar-refractivity contribution in [3.05, 3.63) is 29.8 Å². The highest BCUT2D eigenvalue weighted by Crippen LogP contribution is 2.28. The Morgan fingerprint density at radius 1 is 1.38 bits per heavy atom. The largest absolute Gasteiger partial charge is 0.327 e. The van der Waals surface area contributed by atoms with Gasteiger partial charge in [0.1, 0.15) is 5.69 Å². The average Bonchev–Trinajstić information content (AvgIpc) is 3.10. The van der Waals surface area contributed by atoms with Gasteiger partial charge in [-0.1, -0.05) is 12.5 Å². The van der Waals surface area contributed by atoms with Crippen LogP contribution in [0.3, 0.4) is 0 Å². The molecule has 110 valence electrons. The molecule has 3 rings (SSSR count). The van der Waals surface area contributed by atoms with Crippen molar-refractivity contribution in [3.8, 4) is 11.4 Å². The predicted molar refractivity (Wildman–Crippen MR) is 83.9 cm³/mol. The summed E-state index contributed by atoms with van der Waals surface area (Å²) in [7, 11) is 0. The number of carbonyl (C=O) groups is 1. The van der Waals surface area contributed by atoms with Gasteiger partial charge in [-0.05, 0) is 30.9 Å². The van der Waals surface area contributed by atoms with Crippen molar-refractivity contribution in [1.29, 1.82) is 0 Å². The maximum atomic E-state index is 12.0. The van der Waals surface area contributed by atoms with E-state index in [1.54, 1.807) is 6.20 Å². The number of nitrogens with one attached hydrogen (secondary N) is 1. The van der Waals surface area contributed by atoms with E-state index in [9.17, 15) is 4.79 Å². The van der Waals surface area contributed by atoms with Crippen LogP contribution >= 0.6 is 11.3 Å². The second-order valence-corrected chi connectivity index (χ2v) is 6.22. The van der Waals surface area contributed by atoms with E-state index in [4.69, 9.17) is 5.73 Å². The number of hydrogen-bond donors (Lipinski definition) is 2. The first kappa shape index (κ1) is 14.2. The summed E-state index contributed by atoms with van der Waals surface area (Å²) in [5, 5.41) is 5.38. The molecule has 0 radical (unpaired) electrons. The van der Waals surface area contributed by atoms with Crippen molar-refractivity contribution in [3.63, 3.8) is 0 Å². The predicted octanol–water partition coefficient (Wildman–Crippen LogP) is 2.66. The number of pyridine rings is 1. The number of nitrogens with zero attached hydrogens (tertiary/aromatic N) is 2. The molecule has 2 aromatic heterocycles. The second-order valence-electron chi connectivity index (χ2n) is 5.36. The lowest BCUT2D eigenvalue weighted by atomic mass is 10.00. The molecule has 0 spiro atoms. The molecule has 6 heteroatoms. The Hall–Kier alpha value is -1.79. The van der Waals surface area contributed by atoms with Crippen molar-refractivity contribution in [2.45, 2.75) is 31.7 Å². The van der Waals surface area contributed by atoms with E-state index in [1.165, 1.54) is 11.3 Å². The van der Waals surface area contributed by atoms with Gasteiger partial charge in [-0.25, -0.2) is 4.98 Å². The molecule has 0 aromatic carbocycles. The fourth-order valence-corrected chi connectivity index (χ4v) is 3.41. The molecular formula is C15H18N4OS. The highest BCUT2D eigenvalue weighted by Gasteiger charge is 2.26. The Morgan fingerprint density at radius 2 is 2.29 bits per heavy atom. The topological polar surface area (TPSA) is 80.9 Å². The van der Waals surface area contributed by atoms with Gasteiger partial charge < -0.3 is 11.1 Å². The third-order valence-electron chi connectivity index (χ3n) is 3.84. The van der Waals surface area contributed by atoms with Crippen molar-refractivity contribution < 1.29 is 4.79 Å². The Bertz CT molecular complexity index is 613. The minimum Gasteiger partial charge on any atom is -0.327 e. The van der Waals surface area contributed by atoms with Crippen molar-refractivity contribution in [2.24, 2.45) is 11.7 Å². The van der Waals surface area contributed by atoms with Crippen LogP contribution in [-0.4, -0.2) is 21.9 Å². The van der Waals surface area contributed by atoms with E-state index in [-0.39, 0.29) is 11.9 Å². The van der Waals surface area contributed by atoms with E-state index in [0.717, 1.165) is 30.7 Å². The lowest BCUT2D eigenvalue weighted by molar-refractivity contribution is -0.117. The SMILES string of the molecule is N[C@@H]1CCC[C@H]1CC(=O)Nc1nc(-c2ccccn2)cs1. The summed E-state index contributed by atoms with van der Waals surface area (Å²) in [5.74, 6) is 0.305. The molecule has 1 amide bonds. The van der Waals surface area contributed by atoms with Crippen LogP contribution in [0.2, 0.25) is 0 Å². The van der Waals surface area contributed by atoms with E-state index in [1.807, 2.05) is 23.6 Å². The van der Waals surface area contributed by atoms with Crippen LogP contribution < -0.4 is 11.1 Å². The highest BCUT2D eigenvalue weighted by atomic mass is 32.1. The lowest BCUT2D eigenvalue weighted by Crippen LogP contribution is -2.28. The van der Waals surface area contributed by atoms with Gasteiger partial charge in [-0.2, -0.15) is 0 Å². The number of amides is 1. The monoisotopic (exact) mass is 302 g/mol. The summed E-state index contributed by atoms with van der Waals surface area (Å²) in [5.41, 5.74) is 7.60. The van der Waals surface area contributed by atoms with Crippen LogP contribution in [0.5, 0.6) is 0 Å². The summed E-state index contributed by atoms with van der Waals surface area (Å²) in [4.78, 5) is 20.7. The van der Waals surface area contributed by atoms with E-state index >= 15 is 0 Å². The zero-order valence-corrected chi connectivity index (χ0v) is 12.5. The molecule has 2 aromatic rings. The zero-order valence-electron chi connectivity index (χ0n) is 11.7. The first-order valence-corrected chi connectivity index (χ1v) is 8.02. The van der Waals surface area contributed by atoms with Crippen molar-refractivity contribution in [2.75, 3.05) is 5.32 Å². The molecule has 1 saturated carbocycles. The van der Waals surface area contributed by atoms with Gasteiger partial charge in [0.2, 0.25) is 5.91 Å². The van der Waals surface area contributed by atoms with Gasteiger partial charge in [0, 0.05) is 24.0 Å². The molecule has 0 bridgehead atoms. The summed E-state index contributed by atoms with van der Waals surface area (Å²) in [6.45, 7) is 0. The zero-order chi connectivity index (χ0) is 14.7. The van der Waals surface area contributed by atoms with Gasteiger partial charge >= 0.3 is 0 Å². The molecule has 5 nitrogen and oxygen atoms in total. The van der Waals surface area contributed by atoms with Crippen molar-refractivity contribution >= 4 is 22.4 Å². The number of anilines is 1. The fraction of sp³-hybridized carbons (Fsp3) is 0.400. The minimum absolute atomic E-state index is 0.000675.